The van der Waals surface area contributed by atoms with Gasteiger partial charge in [-0.25, -0.2) is 0 Å². The topological polar surface area (TPSA) is 49.6 Å². The van der Waals surface area contributed by atoms with Crippen molar-refractivity contribution < 1.29 is 4.79 Å². The molecule has 0 aromatic heterocycles. The van der Waals surface area contributed by atoms with Crippen molar-refractivity contribution in [2.45, 2.75) is 38.8 Å². The fourth-order valence-corrected chi connectivity index (χ4v) is 2.12. The molecule has 0 aromatic rings. The van der Waals surface area contributed by atoms with Gasteiger partial charge in [0.05, 0.1) is 6.04 Å². The van der Waals surface area contributed by atoms with Gasteiger partial charge in [0.15, 0.2) is 0 Å². The first-order valence-electron chi connectivity index (χ1n) is 5.80. The summed E-state index contributed by atoms with van der Waals surface area (Å²) in [6.45, 7) is 7.23. The molecule has 0 aliphatic carbocycles. The van der Waals surface area contributed by atoms with Crippen molar-refractivity contribution in [3.05, 3.63) is 0 Å². The van der Waals surface area contributed by atoms with Crippen LogP contribution in [0.3, 0.4) is 0 Å². The van der Waals surface area contributed by atoms with Crippen LogP contribution in [-0.4, -0.2) is 54.5 Å². The van der Waals surface area contributed by atoms with Crippen LogP contribution in [0, 0.1) is 0 Å². The number of carbonyl (C=O) groups is 1. The van der Waals surface area contributed by atoms with Crippen LogP contribution in [0.1, 0.15) is 26.7 Å². The van der Waals surface area contributed by atoms with Gasteiger partial charge in [-0.1, -0.05) is 6.92 Å². The Balaban J connectivity index is 2.42. The van der Waals surface area contributed by atoms with Gasteiger partial charge in [0.1, 0.15) is 0 Å². The summed E-state index contributed by atoms with van der Waals surface area (Å²) in [6, 6.07) is 0.00510. The minimum Gasteiger partial charge on any atom is -0.341 e. The molecule has 0 radical (unpaired) electrons. The Kier molecular flexibility index (Phi) is 4.54. The average molecular weight is 213 g/mol. The van der Waals surface area contributed by atoms with Gasteiger partial charge < -0.3 is 15.5 Å². The number of hydrogen-bond donors (Lipinski definition) is 1. The fourth-order valence-electron chi connectivity index (χ4n) is 2.12. The number of nitrogens with zero attached hydrogens (tertiary/aromatic N) is 2. The molecule has 4 heteroatoms. The lowest BCUT2D eigenvalue weighted by Crippen LogP contribution is -2.49. The van der Waals surface area contributed by atoms with Crippen molar-refractivity contribution in [1.29, 1.82) is 0 Å². The summed E-state index contributed by atoms with van der Waals surface area (Å²) in [5.74, 6) is 0.0601. The van der Waals surface area contributed by atoms with Gasteiger partial charge >= 0.3 is 0 Å². The summed E-state index contributed by atoms with van der Waals surface area (Å²) in [6.07, 6.45) is 2.14. The molecule has 88 valence electrons. The van der Waals surface area contributed by atoms with Gasteiger partial charge in [-0.2, -0.15) is 0 Å². The Morgan fingerprint density at radius 2 is 2.07 bits per heavy atom. The lowest BCUT2D eigenvalue weighted by molar-refractivity contribution is -0.133. The Morgan fingerprint density at radius 1 is 1.53 bits per heavy atom. The van der Waals surface area contributed by atoms with Gasteiger partial charge in [-0.15, -0.1) is 0 Å². The quantitative estimate of drug-likeness (QED) is 0.732. The van der Waals surface area contributed by atoms with Gasteiger partial charge in [0, 0.05) is 26.2 Å². The number of hydrogen-bond acceptors (Lipinski definition) is 3. The molecule has 1 fully saturated rings. The standard InChI is InChI=1S/C11H23N3O/c1-4-14-7-5-10(6-8-14)13(3)11(15)9(2)12/h9-10H,4-8,12H2,1-3H3. The smallest absolute Gasteiger partial charge is 0.239 e. The third-order valence-electron chi connectivity index (χ3n) is 3.29. The second kappa shape index (κ2) is 5.47. The maximum Gasteiger partial charge on any atom is 0.239 e. The zero-order chi connectivity index (χ0) is 11.4. The fraction of sp³-hybridized carbons (Fsp3) is 0.909. The number of likely N-dealkylation sites (tertiary alicyclic amines) is 1. The van der Waals surface area contributed by atoms with E-state index >= 15 is 0 Å². The Labute approximate surface area is 92.4 Å². The SMILES string of the molecule is CCN1CCC(N(C)C(=O)C(C)N)CC1. The van der Waals surface area contributed by atoms with E-state index in [-0.39, 0.29) is 11.9 Å². The third-order valence-corrected chi connectivity index (χ3v) is 3.29. The predicted molar refractivity (Wildman–Crippen MR) is 61.6 cm³/mol. The van der Waals surface area contributed by atoms with Crippen molar-refractivity contribution in [1.82, 2.24) is 9.80 Å². The van der Waals surface area contributed by atoms with E-state index in [4.69, 9.17) is 5.73 Å². The first kappa shape index (κ1) is 12.5. The molecule has 0 saturated carbocycles. The maximum atomic E-state index is 11.7. The minimum atomic E-state index is -0.376. The van der Waals surface area contributed by atoms with Gasteiger partial charge in [0.25, 0.3) is 0 Å². The molecule has 1 atom stereocenters. The van der Waals surface area contributed by atoms with E-state index in [0.717, 1.165) is 32.5 Å². The number of piperidine rings is 1. The van der Waals surface area contributed by atoms with Gasteiger partial charge in [-0.05, 0) is 26.3 Å². The largest absolute Gasteiger partial charge is 0.341 e. The van der Waals surface area contributed by atoms with Crippen LogP contribution in [-0.2, 0) is 4.79 Å². The van der Waals surface area contributed by atoms with E-state index in [1.165, 1.54) is 0 Å². The van der Waals surface area contributed by atoms with Crippen LogP contribution in [0.15, 0.2) is 0 Å². The van der Waals surface area contributed by atoms with Crippen LogP contribution >= 0.6 is 0 Å². The van der Waals surface area contributed by atoms with Gasteiger partial charge in [0.2, 0.25) is 5.91 Å². The first-order chi connectivity index (χ1) is 7.06. The molecule has 2 N–H and O–H groups in total. The summed E-state index contributed by atoms with van der Waals surface area (Å²) in [4.78, 5) is 15.9. The van der Waals surface area contributed by atoms with E-state index in [1.54, 1.807) is 6.92 Å². The normalized spacial score (nSPS) is 21.3. The molecule has 1 amide bonds. The predicted octanol–water partition coefficient (Wildman–Crippen LogP) is 0.276. The zero-order valence-electron chi connectivity index (χ0n) is 10.1. The monoisotopic (exact) mass is 213 g/mol. The van der Waals surface area contributed by atoms with Crippen molar-refractivity contribution in [3.63, 3.8) is 0 Å². The highest BCUT2D eigenvalue weighted by molar-refractivity contribution is 5.81. The van der Waals surface area contributed by atoms with Crippen molar-refractivity contribution in [2.24, 2.45) is 5.73 Å². The summed E-state index contributed by atoms with van der Waals surface area (Å²) in [5, 5.41) is 0. The van der Waals surface area contributed by atoms with Gasteiger partial charge in [-0.3, -0.25) is 4.79 Å². The highest BCUT2D eigenvalue weighted by Gasteiger charge is 2.25. The number of carbonyl (C=O) groups excluding carboxylic acids is 1. The first-order valence-corrected chi connectivity index (χ1v) is 5.80. The van der Waals surface area contributed by atoms with Crippen molar-refractivity contribution in [2.75, 3.05) is 26.7 Å². The van der Waals surface area contributed by atoms with Crippen LogP contribution in [0.25, 0.3) is 0 Å². The molecule has 1 rings (SSSR count). The summed E-state index contributed by atoms with van der Waals surface area (Å²) in [5.41, 5.74) is 5.60. The molecular formula is C11H23N3O. The number of amides is 1. The molecule has 0 aromatic carbocycles. The molecule has 1 saturated heterocycles. The molecule has 4 nitrogen and oxygen atoms in total. The second-order valence-electron chi connectivity index (χ2n) is 4.40. The molecule has 0 bridgehead atoms. The zero-order valence-corrected chi connectivity index (χ0v) is 10.1. The third kappa shape index (κ3) is 3.18. The number of likely N-dealkylation sites (N-methyl/N-ethyl adjacent to an activating group) is 1. The Hall–Kier alpha value is -0.610. The Morgan fingerprint density at radius 3 is 2.47 bits per heavy atom. The highest BCUT2D eigenvalue weighted by Crippen LogP contribution is 2.15. The van der Waals surface area contributed by atoms with Crippen LogP contribution in [0.4, 0.5) is 0 Å². The molecule has 1 heterocycles. The molecular weight excluding hydrogens is 190 g/mol. The highest BCUT2D eigenvalue weighted by atomic mass is 16.2. The molecule has 1 aliphatic heterocycles. The van der Waals surface area contributed by atoms with E-state index in [1.807, 2.05) is 11.9 Å². The van der Waals surface area contributed by atoms with E-state index in [9.17, 15) is 4.79 Å². The van der Waals surface area contributed by atoms with Crippen LogP contribution < -0.4 is 5.73 Å². The second-order valence-corrected chi connectivity index (χ2v) is 4.40. The van der Waals surface area contributed by atoms with E-state index in [0.29, 0.717) is 6.04 Å². The number of rotatable bonds is 3. The molecule has 15 heavy (non-hydrogen) atoms. The summed E-state index contributed by atoms with van der Waals surface area (Å²) >= 11 is 0. The maximum absolute atomic E-state index is 11.7. The van der Waals surface area contributed by atoms with Crippen molar-refractivity contribution >= 4 is 5.91 Å². The van der Waals surface area contributed by atoms with Crippen molar-refractivity contribution in [3.8, 4) is 0 Å². The molecule has 0 spiro atoms. The van der Waals surface area contributed by atoms with E-state index in [2.05, 4.69) is 11.8 Å². The minimum absolute atomic E-state index is 0.0601. The van der Waals surface area contributed by atoms with Crippen LogP contribution in [0.5, 0.6) is 0 Å². The summed E-state index contributed by atoms with van der Waals surface area (Å²) in [7, 11) is 1.87. The lowest BCUT2D eigenvalue weighted by atomic mass is 10.0. The average Bonchev–Trinajstić information content (AvgIpc) is 2.27. The lowest BCUT2D eigenvalue weighted by Gasteiger charge is -2.36. The Bertz CT molecular complexity index is 210. The van der Waals surface area contributed by atoms with E-state index < -0.39 is 0 Å². The number of nitrogens with two attached hydrogens (primary N) is 1. The van der Waals surface area contributed by atoms with Crippen LogP contribution in [0.2, 0.25) is 0 Å². The molecule has 1 unspecified atom stereocenters. The molecule has 1 aliphatic rings. The summed E-state index contributed by atoms with van der Waals surface area (Å²) < 4.78 is 0.